The van der Waals surface area contributed by atoms with Crippen molar-refractivity contribution in [2.24, 2.45) is 0 Å². The predicted octanol–water partition coefficient (Wildman–Crippen LogP) is 1.74. The van der Waals surface area contributed by atoms with Gasteiger partial charge in [0.2, 0.25) is 5.95 Å². The van der Waals surface area contributed by atoms with E-state index in [1.54, 1.807) is 0 Å². The number of hydrogen-bond donors (Lipinski definition) is 2. The summed E-state index contributed by atoms with van der Waals surface area (Å²) in [5, 5.41) is 4.16. The zero-order valence-corrected chi connectivity index (χ0v) is 10.6. The topological polar surface area (TPSA) is 63.8 Å². The SMILES string of the molecule is CNCCc1nc(N)nc2cc(Br)ccc12. The zero-order chi connectivity index (χ0) is 11.5. The summed E-state index contributed by atoms with van der Waals surface area (Å²) in [6.07, 6.45) is 0.849. The number of rotatable bonds is 3. The molecule has 0 unspecified atom stereocenters. The summed E-state index contributed by atoms with van der Waals surface area (Å²) >= 11 is 3.42. The Hall–Kier alpha value is -1.20. The Morgan fingerprint density at radius 2 is 2.19 bits per heavy atom. The molecule has 3 N–H and O–H groups in total. The van der Waals surface area contributed by atoms with Gasteiger partial charge >= 0.3 is 0 Å². The maximum absolute atomic E-state index is 5.69. The number of nitrogens with zero attached hydrogens (tertiary/aromatic N) is 2. The van der Waals surface area contributed by atoms with Crippen molar-refractivity contribution in [3.05, 3.63) is 28.4 Å². The lowest BCUT2D eigenvalue weighted by atomic mass is 10.1. The van der Waals surface area contributed by atoms with Gasteiger partial charge in [0, 0.05) is 22.8 Å². The second-order valence-electron chi connectivity index (χ2n) is 3.54. The van der Waals surface area contributed by atoms with Gasteiger partial charge in [0.25, 0.3) is 0 Å². The fourth-order valence-electron chi connectivity index (χ4n) is 1.62. The van der Waals surface area contributed by atoms with Crippen LogP contribution in [0.5, 0.6) is 0 Å². The van der Waals surface area contributed by atoms with Gasteiger partial charge in [-0.2, -0.15) is 0 Å². The Morgan fingerprint density at radius 3 is 2.94 bits per heavy atom. The van der Waals surface area contributed by atoms with Crippen molar-refractivity contribution in [2.75, 3.05) is 19.3 Å². The maximum Gasteiger partial charge on any atom is 0.220 e. The average molecular weight is 281 g/mol. The van der Waals surface area contributed by atoms with E-state index in [4.69, 9.17) is 5.73 Å². The molecule has 1 aromatic carbocycles. The summed E-state index contributed by atoms with van der Waals surface area (Å²) in [7, 11) is 1.92. The van der Waals surface area contributed by atoms with E-state index in [-0.39, 0.29) is 0 Å². The van der Waals surface area contributed by atoms with E-state index in [1.165, 1.54) is 0 Å². The van der Waals surface area contributed by atoms with Crippen LogP contribution in [0.4, 0.5) is 5.95 Å². The Balaban J connectivity index is 2.54. The number of aromatic nitrogens is 2. The van der Waals surface area contributed by atoms with E-state index in [2.05, 4.69) is 31.2 Å². The first-order valence-electron chi connectivity index (χ1n) is 5.07. The molecule has 2 rings (SSSR count). The largest absolute Gasteiger partial charge is 0.368 e. The van der Waals surface area contributed by atoms with Gasteiger partial charge in [-0.05, 0) is 25.2 Å². The monoisotopic (exact) mass is 280 g/mol. The number of likely N-dealkylation sites (N-methyl/N-ethyl adjacent to an activating group) is 1. The lowest BCUT2D eigenvalue weighted by Gasteiger charge is -2.06. The van der Waals surface area contributed by atoms with Crippen LogP contribution >= 0.6 is 15.9 Å². The van der Waals surface area contributed by atoms with E-state index < -0.39 is 0 Å². The molecule has 0 saturated carbocycles. The average Bonchev–Trinajstić information content (AvgIpc) is 2.25. The molecule has 0 aliphatic carbocycles. The highest BCUT2D eigenvalue weighted by atomic mass is 79.9. The molecule has 4 nitrogen and oxygen atoms in total. The van der Waals surface area contributed by atoms with Gasteiger partial charge in [0.05, 0.1) is 11.2 Å². The number of benzene rings is 1. The van der Waals surface area contributed by atoms with Gasteiger partial charge in [-0.1, -0.05) is 15.9 Å². The van der Waals surface area contributed by atoms with Gasteiger partial charge in [-0.3, -0.25) is 0 Å². The zero-order valence-electron chi connectivity index (χ0n) is 9.00. The molecule has 0 spiro atoms. The van der Waals surface area contributed by atoms with Gasteiger partial charge in [0.15, 0.2) is 0 Å². The quantitative estimate of drug-likeness (QED) is 0.899. The van der Waals surface area contributed by atoms with Crippen molar-refractivity contribution in [3.63, 3.8) is 0 Å². The van der Waals surface area contributed by atoms with Crippen molar-refractivity contribution in [2.45, 2.75) is 6.42 Å². The smallest absolute Gasteiger partial charge is 0.220 e. The molecular weight excluding hydrogens is 268 g/mol. The van der Waals surface area contributed by atoms with E-state index in [0.29, 0.717) is 5.95 Å². The molecule has 0 radical (unpaired) electrons. The van der Waals surface area contributed by atoms with Crippen LogP contribution in [0.2, 0.25) is 0 Å². The summed E-state index contributed by atoms with van der Waals surface area (Å²) in [6.45, 7) is 0.877. The molecule has 0 bridgehead atoms. The van der Waals surface area contributed by atoms with Gasteiger partial charge in [-0.15, -0.1) is 0 Å². The Bertz CT molecular complexity index is 507. The summed E-state index contributed by atoms with van der Waals surface area (Å²) in [5.74, 6) is 0.330. The Morgan fingerprint density at radius 1 is 1.38 bits per heavy atom. The van der Waals surface area contributed by atoms with Crippen LogP contribution in [0.25, 0.3) is 10.9 Å². The third-order valence-corrected chi connectivity index (χ3v) is 2.86. The molecule has 0 saturated heterocycles. The van der Waals surface area contributed by atoms with Crippen LogP contribution in [0.1, 0.15) is 5.69 Å². The molecule has 84 valence electrons. The molecule has 0 aliphatic heterocycles. The van der Waals surface area contributed by atoms with Crippen molar-refractivity contribution in [1.29, 1.82) is 0 Å². The van der Waals surface area contributed by atoms with Gasteiger partial charge in [-0.25, -0.2) is 9.97 Å². The lowest BCUT2D eigenvalue weighted by molar-refractivity contribution is 0.780. The fraction of sp³-hybridized carbons (Fsp3) is 0.273. The van der Waals surface area contributed by atoms with E-state index in [1.807, 2.05) is 25.2 Å². The van der Waals surface area contributed by atoms with Crippen molar-refractivity contribution >= 4 is 32.8 Å². The highest BCUT2D eigenvalue weighted by Gasteiger charge is 2.06. The number of anilines is 1. The Labute approximate surface area is 102 Å². The molecule has 16 heavy (non-hydrogen) atoms. The molecule has 0 aliphatic rings. The van der Waals surface area contributed by atoms with Crippen LogP contribution in [-0.4, -0.2) is 23.6 Å². The van der Waals surface area contributed by atoms with Crippen molar-refractivity contribution in [3.8, 4) is 0 Å². The summed E-state index contributed by atoms with van der Waals surface area (Å²) < 4.78 is 0.998. The second kappa shape index (κ2) is 4.76. The van der Waals surface area contributed by atoms with E-state index in [0.717, 1.165) is 34.0 Å². The molecule has 0 atom stereocenters. The van der Waals surface area contributed by atoms with Gasteiger partial charge in [0.1, 0.15) is 0 Å². The van der Waals surface area contributed by atoms with Crippen LogP contribution in [-0.2, 0) is 6.42 Å². The molecule has 1 aromatic heterocycles. The maximum atomic E-state index is 5.69. The molecule has 0 amide bonds. The van der Waals surface area contributed by atoms with E-state index in [9.17, 15) is 0 Å². The minimum Gasteiger partial charge on any atom is -0.368 e. The van der Waals surface area contributed by atoms with Crippen LogP contribution in [0.15, 0.2) is 22.7 Å². The van der Waals surface area contributed by atoms with Gasteiger partial charge < -0.3 is 11.1 Å². The van der Waals surface area contributed by atoms with Crippen LogP contribution in [0.3, 0.4) is 0 Å². The summed E-state index contributed by atoms with van der Waals surface area (Å²) in [5.41, 5.74) is 7.56. The Kier molecular flexibility index (Phi) is 3.36. The number of nitrogen functional groups attached to an aromatic ring is 1. The minimum absolute atomic E-state index is 0.330. The first kappa shape index (κ1) is 11.3. The minimum atomic E-state index is 0.330. The summed E-state index contributed by atoms with van der Waals surface area (Å²) in [6, 6.07) is 5.96. The highest BCUT2D eigenvalue weighted by Crippen LogP contribution is 2.21. The summed E-state index contributed by atoms with van der Waals surface area (Å²) in [4.78, 5) is 8.50. The third kappa shape index (κ3) is 2.31. The first-order chi connectivity index (χ1) is 7.70. The highest BCUT2D eigenvalue weighted by molar-refractivity contribution is 9.10. The number of hydrogen-bond acceptors (Lipinski definition) is 4. The van der Waals surface area contributed by atoms with Crippen molar-refractivity contribution in [1.82, 2.24) is 15.3 Å². The lowest BCUT2D eigenvalue weighted by Crippen LogP contribution is -2.12. The molecular formula is C11H13BrN4. The molecule has 1 heterocycles. The standard InChI is InChI=1S/C11H13BrN4/c1-14-5-4-9-8-3-2-7(12)6-10(8)16-11(13)15-9/h2-3,6,14H,4-5H2,1H3,(H2,13,15,16). The third-order valence-electron chi connectivity index (χ3n) is 2.37. The second-order valence-corrected chi connectivity index (χ2v) is 4.46. The van der Waals surface area contributed by atoms with Crippen molar-refractivity contribution < 1.29 is 0 Å². The number of nitrogens with two attached hydrogens (primary N) is 1. The molecule has 5 heteroatoms. The van der Waals surface area contributed by atoms with Crippen LogP contribution < -0.4 is 11.1 Å². The number of halogens is 1. The molecule has 0 fully saturated rings. The fourth-order valence-corrected chi connectivity index (χ4v) is 1.97. The van der Waals surface area contributed by atoms with E-state index >= 15 is 0 Å². The first-order valence-corrected chi connectivity index (χ1v) is 5.86. The van der Waals surface area contributed by atoms with Crippen LogP contribution in [0, 0.1) is 0 Å². The normalized spacial score (nSPS) is 10.9. The predicted molar refractivity (Wildman–Crippen MR) is 69.3 cm³/mol. The number of nitrogens with one attached hydrogen (secondary N) is 1. The number of fused-ring (bicyclic) bond motifs is 1. The molecule has 2 aromatic rings.